The number of hydrogen-bond donors (Lipinski definition) is 1. The third kappa shape index (κ3) is 2.43. The van der Waals surface area contributed by atoms with E-state index in [-0.39, 0.29) is 22.6 Å². The number of aromatic nitrogens is 1. The van der Waals surface area contributed by atoms with Crippen LogP contribution in [0.15, 0.2) is 34.7 Å². The molecule has 0 spiro atoms. The predicted octanol–water partition coefficient (Wildman–Crippen LogP) is 3.20. The Morgan fingerprint density at radius 1 is 1.33 bits per heavy atom. The molecule has 0 unspecified atom stereocenters. The molecule has 0 fully saturated rings. The lowest BCUT2D eigenvalue weighted by molar-refractivity contribution is -0.385. The predicted molar refractivity (Wildman–Crippen MR) is 83.8 cm³/mol. The van der Waals surface area contributed by atoms with Crippen molar-refractivity contribution in [1.82, 2.24) is 4.98 Å². The van der Waals surface area contributed by atoms with E-state index in [9.17, 15) is 20.0 Å². The summed E-state index contributed by atoms with van der Waals surface area (Å²) in [4.78, 5) is 25.9. The molecule has 0 aliphatic rings. The number of benzene rings is 2. The number of methoxy groups -OCH3 is 1. The largest absolute Gasteiger partial charge is 0.502 e. The summed E-state index contributed by atoms with van der Waals surface area (Å²) < 4.78 is 10.2. The number of hydrogen-bond acceptors (Lipinski definition) is 7. The molecule has 1 N–H and O–H groups in total. The second-order valence-corrected chi connectivity index (χ2v) is 5.06. The van der Waals surface area contributed by atoms with Crippen LogP contribution in [0.3, 0.4) is 0 Å². The van der Waals surface area contributed by atoms with Crippen molar-refractivity contribution in [2.45, 2.75) is 6.92 Å². The average Bonchev–Trinajstić information content (AvgIpc) is 3.01. The maximum Gasteiger partial charge on any atom is 0.337 e. The van der Waals surface area contributed by atoms with Crippen molar-refractivity contribution in [2.75, 3.05) is 7.11 Å². The summed E-state index contributed by atoms with van der Waals surface area (Å²) in [5.41, 5.74) is 1.31. The first-order valence-corrected chi connectivity index (χ1v) is 6.88. The molecule has 0 radical (unpaired) electrons. The normalized spacial score (nSPS) is 10.8. The number of fused-ring (bicyclic) bond motifs is 1. The van der Waals surface area contributed by atoms with Gasteiger partial charge in [0.05, 0.1) is 17.6 Å². The first-order valence-electron chi connectivity index (χ1n) is 6.88. The number of nitrogens with zero attached hydrogens (tertiary/aromatic N) is 2. The minimum Gasteiger partial charge on any atom is -0.502 e. The summed E-state index contributed by atoms with van der Waals surface area (Å²) in [7, 11) is 1.29. The van der Waals surface area contributed by atoms with Gasteiger partial charge in [0.15, 0.2) is 5.58 Å². The van der Waals surface area contributed by atoms with Gasteiger partial charge in [0, 0.05) is 17.2 Å². The number of carbonyl (C=O) groups excluding carboxylic acids is 1. The highest BCUT2D eigenvalue weighted by Gasteiger charge is 2.22. The van der Waals surface area contributed by atoms with Gasteiger partial charge < -0.3 is 14.3 Å². The van der Waals surface area contributed by atoms with Crippen molar-refractivity contribution in [1.29, 1.82) is 0 Å². The second-order valence-electron chi connectivity index (χ2n) is 5.06. The van der Waals surface area contributed by atoms with Crippen molar-refractivity contribution in [3.63, 3.8) is 0 Å². The Bertz CT molecular complexity index is 959. The molecule has 3 rings (SSSR count). The van der Waals surface area contributed by atoms with Crippen LogP contribution in [0.5, 0.6) is 5.75 Å². The molecule has 0 atom stereocenters. The van der Waals surface area contributed by atoms with Crippen LogP contribution >= 0.6 is 0 Å². The van der Waals surface area contributed by atoms with Gasteiger partial charge in [-0.2, -0.15) is 0 Å². The van der Waals surface area contributed by atoms with Crippen LogP contribution < -0.4 is 0 Å². The van der Waals surface area contributed by atoms with E-state index in [1.807, 2.05) is 0 Å². The zero-order valence-corrected chi connectivity index (χ0v) is 12.8. The Morgan fingerprint density at radius 3 is 2.58 bits per heavy atom. The van der Waals surface area contributed by atoms with E-state index in [2.05, 4.69) is 9.72 Å². The lowest BCUT2D eigenvalue weighted by Gasteiger charge is -2.00. The van der Waals surface area contributed by atoms with Gasteiger partial charge in [-0.05, 0) is 31.2 Å². The molecule has 0 saturated heterocycles. The van der Waals surface area contributed by atoms with Gasteiger partial charge in [0.25, 0.3) is 0 Å². The fraction of sp³-hybridized carbons (Fsp3) is 0.125. The zero-order valence-electron chi connectivity index (χ0n) is 12.8. The van der Waals surface area contributed by atoms with Crippen molar-refractivity contribution < 1.29 is 24.0 Å². The summed E-state index contributed by atoms with van der Waals surface area (Å²) in [5, 5.41) is 20.9. The molecule has 0 amide bonds. The van der Waals surface area contributed by atoms with Crippen molar-refractivity contribution in [3.8, 4) is 17.2 Å². The fourth-order valence-electron chi connectivity index (χ4n) is 2.33. The third-order valence-corrected chi connectivity index (χ3v) is 3.61. The number of esters is 1. The molecule has 1 aromatic heterocycles. The number of nitro benzene ring substituents is 1. The van der Waals surface area contributed by atoms with E-state index in [0.29, 0.717) is 11.1 Å². The first-order chi connectivity index (χ1) is 11.4. The molecular formula is C16H12N2O6. The molecule has 8 nitrogen and oxygen atoms in total. The van der Waals surface area contributed by atoms with Gasteiger partial charge in [-0.3, -0.25) is 10.1 Å². The summed E-state index contributed by atoms with van der Waals surface area (Å²) in [6.45, 7) is 1.51. The zero-order chi connectivity index (χ0) is 17.4. The van der Waals surface area contributed by atoms with Gasteiger partial charge in [0.1, 0.15) is 5.52 Å². The Hall–Kier alpha value is -3.42. The summed E-state index contributed by atoms with van der Waals surface area (Å²) in [5.74, 6) is -0.684. The smallest absolute Gasteiger partial charge is 0.337 e. The highest BCUT2D eigenvalue weighted by atomic mass is 16.6. The molecular weight excluding hydrogens is 316 g/mol. The molecule has 0 aliphatic carbocycles. The monoisotopic (exact) mass is 328 g/mol. The maximum atomic E-state index is 11.4. The van der Waals surface area contributed by atoms with Gasteiger partial charge in [-0.1, -0.05) is 0 Å². The molecule has 24 heavy (non-hydrogen) atoms. The number of rotatable bonds is 3. The van der Waals surface area contributed by atoms with E-state index >= 15 is 0 Å². The van der Waals surface area contributed by atoms with E-state index < -0.39 is 22.3 Å². The van der Waals surface area contributed by atoms with Crippen molar-refractivity contribution in [2.24, 2.45) is 0 Å². The number of carbonyl (C=O) groups is 1. The van der Waals surface area contributed by atoms with Crippen LogP contribution in [-0.2, 0) is 4.74 Å². The quantitative estimate of drug-likeness (QED) is 0.446. The van der Waals surface area contributed by atoms with Gasteiger partial charge >= 0.3 is 11.7 Å². The van der Waals surface area contributed by atoms with Gasteiger partial charge in [-0.15, -0.1) is 0 Å². The van der Waals surface area contributed by atoms with E-state index in [0.717, 1.165) is 6.07 Å². The van der Waals surface area contributed by atoms with Crippen molar-refractivity contribution in [3.05, 3.63) is 51.6 Å². The van der Waals surface area contributed by atoms with E-state index in [1.54, 1.807) is 24.3 Å². The molecule has 1 heterocycles. The molecule has 0 saturated carbocycles. The molecule has 0 bridgehead atoms. The van der Waals surface area contributed by atoms with Crippen LogP contribution in [0.1, 0.15) is 15.9 Å². The number of aryl methyl sites for hydroxylation is 1. The van der Waals surface area contributed by atoms with E-state index in [4.69, 9.17) is 4.42 Å². The highest BCUT2D eigenvalue weighted by Crippen LogP contribution is 2.37. The van der Waals surface area contributed by atoms with Crippen LogP contribution in [0.4, 0.5) is 5.69 Å². The van der Waals surface area contributed by atoms with E-state index in [1.165, 1.54) is 14.0 Å². The second kappa shape index (κ2) is 5.65. The van der Waals surface area contributed by atoms with Gasteiger partial charge in [-0.25, -0.2) is 9.78 Å². The Balaban J connectivity index is 2.09. The van der Waals surface area contributed by atoms with Crippen LogP contribution in [0, 0.1) is 17.0 Å². The Kier molecular flexibility index (Phi) is 3.64. The minimum absolute atomic E-state index is 0.226. The minimum atomic E-state index is -0.679. The number of aromatic hydroxyl groups is 1. The van der Waals surface area contributed by atoms with Gasteiger partial charge in [0.2, 0.25) is 11.6 Å². The Labute approximate surface area is 135 Å². The summed E-state index contributed by atoms with van der Waals surface area (Å²) >= 11 is 0. The number of phenols is 1. The number of oxazole rings is 1. The number of nitro groups is 1. The van der Waals surface area contributed by atoms with Crippen LogP contribution in [0.2, 0.25) is 0 Å². The fourth-order valence-corrected chi connectivity index (χ4v) is 2.33. The summed E-state index contributed by atoms with van der Waals surface area (Å²) in [6, 6.07) is 7.53. The Morgan fingerprint density at radius 2 is 2.00 bits per heavy atom. The highest BCUT2D eigenvalue weighted by molar-refractivity contribution is 5.90. The standard InChI is InChI=1S/C16H12N2O6/c1-8-13(19)12(18(21)22)7-11-14(8)24-15(17-11)9-3-5-10(6-4-9)16(20)23-2/h3-7,19H,1-2H3. The first kappa shape index (κ1) is 15.5. The third-order valence-electron chi connectivity index (χ3n) is 3.61. The van der Waals surface area contributed by atoms with Crippen LogP contribution in [-0.4, -0.2) is 28.1 Å². The molecule has 122 valence electrons. The van der Waals surface area contributed by atoms with Crippen LogP contribution in [0.25, 0.3) is 22.6 Å². The molecule has 8 heteroatoms. The molecule has 3 aromatic rings. The lowest BCUT2D eigenvalue weighted by Crippen LogP contribution is -2.00. The topological polar surface area (TPSA) is 116 Å². The summed E-state index contributed by atoms with van der Waals surface area (Å²) in [6.07, 6.45) is 0. The molecule has 0 aliphatic heterocycles. The lowest BCUT2D eigenvalue weighted by atomic mass is 10.1. The number of phenolic OH excluding ortho intramolecular Hbond substituents is 1. The number of ether oxygens (including phenoxy) is 1. The van der Waals surface area contributed by atoms with Crippen molar-refractivity contribution >= 4 is 22.8 Å². The SMILES string of the molecule is COC(=O)c1ccc(-c2nc3cc([N+](=O)[O-])c(O)c(C)c3o2)cc1. The maximum absolute atomic E-state index is 11.4. The average molecular weight is 328 g/mol. The molecule has 2 aromatic carbocycles.